The van der Waals surface area contributed by atoms with Gasteiger partial charge in [-0.15, -0.1) is 0 Å². The van der Waals surface area contributed by atoms with Crippen molar-refractivity contribution in [2.45, 2.75) is 13.0 Å². The van der Waals surface area contributed by atoms with E-state index in [1.165, 1.54) is 0 Å². The number of halogens is 3. The number of alkyl halides is 2. The highest BCUT2D eigenvalue weighted by Crippen LogP contribution is 2.17. The minimum Gasteiger partial charge on any atom is -0.374 e. The normalized spacial score (nSPS) is 10.6. The quantitative estimate of drug-likeness (QED) is 0.778. The molecular weight excluding hydrogens is 262 g/mol. The average Bonchev–Trinajstić information content (AvgIpc) is 2.34. The molecule has 6 heteroatoms. The minimum absolute atomic E-state index is 0.220. The third-order valence-corrected chi connectivity index (χ3v) is 2.52. The van der Waals surface area contributed by atoms with Crippen molar-refractivity contribution in [3.63, 3.8) is 0 Å². The van der Waals surface area contributed by atoms with E-state index in [0.29, 0.717) is 23.7 Å². The van der Waals surface area contributed by atoms with Crippen LogP contribution in [0.5, 0.6) is 0 Å². The van der Waals surface area contributed by atoms with Crippen molar-refractivity contribution in [2.24, 2.45) is 0 Å². The molecule has 0 bridgehead atoms. The Labute approximate surface area is 109 Å². The molecule has 1 N–H and O–H groups in total. The lowest BCUT2D eigenvalue weighted by Gasteiger charge is -2.07. The molecule has 0 aliphatic rings. The molecule has 0 fully saturated rings. The molecule has 0 saturated carbocycles. The van der Waals surface area contributed by atoms with Gasteiger partial charge in [0.25, 0.3) is 6.43 Å². The summed E-state index contributed by atoms with van der Waals surface area (Å²) in [6, 6.07) is 7.02. The molecule has 18 heavy (non-hydrogen) atoms. The molecule has 0 aliphatic carbocycles. The molecule has 1 aromatic carbocycles. The van der Waals surface area contributed by atoms with Crippen LogP contribution in [0.1, 0.15) is 11.1 Å². The van der Waals surface area contributed by atoms with Crippen molar-refractivity contribution in [3.8, 4) is 6.07 Å². The summed E-state index contributed by atoms with van der Waals surface area (Å²) < 4.78 is 28.2. The number of rotatable bonds is 7. The maximum atomic E-state index is 11.7. The van der Waals surface area contributed by atoms with Gasteiger partial charge >= 0.3 is 0 Å². The Morgan fingerprint density at radius 1 is 1.44 bits per heavy atom. The van der Waals surface area contributed by atoms with Gasteiger partial charge in [0.2, 0.25) is 0 Å². The second kappa shape index (κ2) is 7.98. The van der Waals surface area contributed by atoms with E-state index in [-0.39, 0.29) is 6.61 Å². The Hall–Kier alpha value is -1.22. The predicted octanol–water partition coefficient (Wildman–Crippen LogP) is 2.58. The number of ether oxygens (including phenoxy) is 1. The molecule has 0 radical (unpaired) electrons. The molecule has 1 rings (SSSR count). The first-order valence-electron chi connectivity index (χ1n) is 5.38. The highest BCUT2D eigenvalue weighted by atomic mass is 35.5. The lowest BCUT2D eigenvalue weighted by molar-refractivity contribution is 0.0187. The second-order valence-corrected chi connectivity index (χ2v) is 3.97. The zero-order chi connectivity index (χ0) is 13.4. The van der Waals surface area contributed by atoms with E-state index in [1.807, 2.05) is 6.07 Å². The van der Waals surface area contributed by atoms with Crippen LogP contribution < -0.4 is 5.32 Å². The number of nitrogens with one attached hydrogen (secondary N) is 1. The number of nitrogens with zero attached hydrogens (tertiary/aromatic N) is 1. The van der Waals surface area contributed by atoms with Crippen molar-refractivity contribution < 1.29 is 13.5 Å². The van der Waals surface area contributed by atoms with Crippen LogP contribution in [-0.4, -0.2) is 26.2 Å². The van der Waals surface area contributed by atoms with Crippen molar-refractivity contribution in [1.29, 1.82) is 5.26 Å². The van der Waals surface area contributed by atoms with Crippen molar-refractivity contribution in [1.82, 2.24) is 5.32 Å². The maximum absolute atomic E-state index is 11.7. The summed E-state index contributed by atoms with van der Waals surface area (Å²) in [5.74, 6) is 0. The van der Waals surface area contributed by atoms with Gasteiger partial charge < -0.3 is 10.1 Å². The van der Waals surface area contributed by atoms with Gasteiger partial charge in [-0.1, -0.05) is 17.7 Å². The van der Waals surface area contributed by atoms with Gasteiger partial charge in [0, 0.05) is 18.1 Å². The predicted molar refractivity (Wildman–Crippen MR) is 64.7 cm³/mol. The fourth-order valence-corrected chi connectivity index (χ4v) is 1.55. The van der Waals surface area contributed by atoms with E-state index in [2.05, 4.69) is 5.32 Å². The fourth-order valence-electron chi connectivity index (χ4n) is 1.30. The SMILES string of the molecule is N#Cc1ccc(CNCCOCC(F)F)c(Cl)c1. The zero-order valence-corrected chi connectivity index (χ0v) is 10.4. The van der Waals surface area contributed by atoms with Crippen LogP contribution in [0.3, 0.4) is 0 Å². The molecule has 0 aromatic heterocycles. The standard InChI is InChI=1S/C12H13ClF2N2O/c13-11-5-9(6-16)1-2-10(11)7-17-3-4-18-8-12(14)15/h1-2,5,12,17H,3-4,7-8H2. The Morgan fingerprint density at radius 3 is 2.83 bits per heavy atom. The molecule has 3 nitrogen and oxygen atoms in total. The average molecular weight is 275 g/mol. The summed E-state index contributed by atoms with van der Waals surface area (Å²) in [4.78, 5) is 0. The van der Waals surface area contributed by atoms with Crippen LogP contribution in [0, 0.1) is 11.3 Å². The van der Waals surface area contributed by atoms with Gasteiger partial charge in [-0.05, 0) is 17.7 Å². The Morgan fingerprint density at radius 2 is 2.22 bits per heavy atom. The van der Waals surface area contributed by atoms with E-state index in [9.17, 15) is 8.78 Å². The van der Waals surface area contributed by atoms with Crippen molar-refractivity contribution in [3.05, 3.63) is 34.3 Å². The number of nitriles is 1. The summed E-state index contributed by atoms with van der Waals surface area (Å²) in [7, 11) is 0. The van der Waals surface area contributed by atoms with Gasteiger partial charge in [0.15, 0.2) is 0 Å². The maximum Gasteiger partial charge on any atom is 0.261 e. The smallest absolute Gasteiger partial charge is 0.261 e. The van der Waals surface area contributed by atoms with Crippen LogP contribution in [0.4, 0.5) is 8.78 Å². The van der Waals surface area contributed by atoms with E-state index in [1.54, 1.807) is 18.2 Å². The van der Waals surface area contributed by atoms with E-state index in [0.717, 1.165) is 5.56 Å². The van der Waals surface area contributed by atoms with E-state index >= 15 is 0 Å². The van der Waals surface area contributed by atoms with Crippen LogP contribution in [-0.2, 0) is 11.3 Å². The lowest BCUT2D eigenvalue weighted by atomic mass is 10.1. The summed E-state index contributed by atoms with van der Waals surface area (Å²) in [6.07, 6.45) is -2.43. The summed E-state index contributed by atoms with van der Waals surface area (Å²) >= 11 is 5.97. The molecule has 1 aromatic rings. The molecular formula is C12H13ClF2N2O. The van der Waals surface area contributed by atoms with Gasteiger partial charge in [0.1, 0.15) is 6.61 Å². The van der Waals surface area contributed by atoms with Crippen molar-refractivity contribution >= 4 is 11.6 Å². The van der Waals surface area contributed by atoms with E-state index < -0.39 is 13.0 Å². The third-order valence-electron chi connectivity index (χ3n) is 2.16. The summed E-state index contributed by atoms with van der Waals surface area (Å²) in [6.45, 7) is 0.642. The molecule has 0 spiro atoms. The first-order chi connectivity index (χ1) is 8.63. The number of benzene rings is 1. The van der Waals surface area contributed by atoms with Crippen molar-refractivity contribution in [2.75, 3.05) is 19.8 Å². The second-order valence-electron chi connectivity index (χ2n) is 3.56. The molecule has 0 heterocycles. The first-order valence-corrected chi connectivity index (χ1v) is 5.76. The van der Waals surface area contributed by atoms with Crippen LogP contribution in [0.2, 0.25) is 5.02 Å². The van der Waals surface area contributed by atoms with Gasteiger partial charge in [-0.3, -0.25) is 0 Å². The highest BCUT2D eigenvalue weighted by molar-refractivity contribution is 6.31. The molecule has 0 atom stereocenters. The van der Waals surface area contributed by atoms with Crippen LogP contribution >= 0.6 is 11.6 Å². The van der Waals surface area contributed by atoms with Crippen LogP contribution in [0.25, 0.3) is 0 Å². The fraction of sp³-hybridized carbons (Fsp3) is 0.417. The molecule has 0 saturated heterocycles. The molecule has 0 unspecified atom stereocenters. The van der Waals surface area contributed by atoms with Gasteiger partial charge in [-0.25, -0.2) is 8.78 Å². The van der Waals surface area contributed by atoms with Crippen LogP contribution in [0.15, 0.2) is 18.2 Å². The Balaban J connectivity index is 2.25. The van der Waals surface area contributed by atoms with Gasteiger partial charge in [-0.2, -0.15) is 5.26 Å². The highest BCUT2D eigenvalue weighted by Gasteiger charge is 2.03. The molecule has 0 amide bonds. The topological polar surface area (TPSA) is 45.0 Å². The lowest BCUT2D eigenvalue weighted by Crippen LogP contribution is -2.20. The molecule has 98 valence electrons. The number of hydrogen-bond donors (Lipinski definition) is 1. The Bertz CT molecular complexity index is 421. The molecule has 0 aliphatic heterocycles. The summed E-state index contributed by atoms with van der Waals surface area (Å²) in [5, 5.41) is 12.2. The third kappa shape index (κ3) is 5.41. The minimum atomic E-state index is -2.43. The first kappa shape index (κ1) is 14.8. The van der Waals surface area contributed by atoms with E-state index in [4.69, 9.17) is 21.6 Å². The largest absolute Gasteiger partial charge is 0.374 e. The summed E-state index contributed by atoms with van der Waals surface area (Å²) in [5.41, 5.74) is 1.36. The monoisotopic (exact) mass is 274 g/mol. The zero-order valence-electron chi connectivity index (χ0n) is 9.63. The number of hydrogen-bond acceptors (Lipinski definition) is 3. The van der Waals surface area contributed by atoms with Gasteiger partial charge in [0.05, 0.1) is 18.2 Å². The Kier molecular flexibility index (Phi) is 6.58.